The Balaban J connectivity index is 1.89. The number of aliphatic hydroxyl groups excluding tert-OH is 1. The molecule has 0 heterocycles. The van der Waals surface area contributed by atoms with Crippen molar-refractivity contribution in [3.8, 4) is 17.2 Å². The van der Waals surface area contributed by atoms with Gasteiger partial charge in [0, 0.05) is 5.92 Å². The van der Waals surface area contributed by atoms with Gasteiger partial charge in [-0.25, -0.2) is 0 Å². The summed E-state index contributed by atoms with van der Waals surface area (Å²) in [6, 6.07) is 10.6. The summed E-state index contributed by atoms with van der Waals surface area (Å²) in [5, 5.41) is 13.3. The highest BCUT2D eigenvalue weighted by Crippen LogP contribution is 2.61. The van der Waals surface area contributed by atoms with Gasteiger partial charge in [0.2, 0.25) is 11.7 Å². The smallest absolute Gasteiger partial charge is 0.233 e. The topological polar surface area (TPSA) is 77.0 Å². The van der Waals surface area contributed by atoms with Gasteiger partial charge in [0.1, 0.15) is 0 Å². The summed E-state index contributed by atoms with van der Waals surface area (Å²) in [5.41, 5.74) is 0.449. The Morgan fingerprint density at radius 1 is 1.19 bits per heavy atom. The number of amides is 1. The lowest BCUT2D eigenvalue weighted by Crippen LogP contribution is -2.29. The number of rotatable bonds is 7. The highest BCUT2D eigenvalue weighted by molar-refractivity contribution is 6.33. The van der Waals surface area contributed by atoms with Gasteiger partial charge in [-0.2, -0.15) is 0 Å². The minimum Gasteiger partial charge on any atom is -0.493 e. The Labute approximate surface area is 163 Å². The first kappa shape index (κ1) is 19.3. The number of carbonyl (C=O) groups is 1. The molecule has 0 radical (unpaired) electrons. The van der Waals surface area contributed by atoms with Crippen molar-refractivity contribution >= 4 is 23.2 Å². The van der Waals surface area contributed by atoms with Crippen LogP contribution in [-0.2, 0) is 4.79 Å². The number of carbonyl (C=O) groups excluding carboxylic acids is 1. The van der Waals surface area contributed by atoms with Crippen molar-refractivity contribution in [2.45, 2.75) is 12.3 Å². The first-order valence-corrected chi connectivity index (χ1v) is 8.85. The Hall–Kier alpha value is -2.44. The maximum atomic E-state index is 12.9. The van der Waals surface area contributed by atoms with Crippen molar-refractivity contribution in [3.05, 3.63) is 47.0 Å². The van der Waals surface area contributed by atoms with E-state index in [1.807, 2.05) is 12.1 Å². The van der Waals surface area contributed by atoms with Crippen LogP contribution in [0.1, 0.15) is 17.9 Å². The van der Waals surface area contributed by atoms with Crippen molar-refractivity contribution in [2.24, 2.45) is 5.41 Å². The number of nitrogens with one attached hydrogen (secondary N) is 1. The number of anilines is 1. The van der Waals surface area contributed by atoms with Gasteiger partial charge in [-0.15, -0.1) is 0 Å². The van der Waals surface area contributed by atoms with Crippen molar-refractivity contribution in [2.75, 3.05) is 33.3 Å². The van der Waals surface area contributed by atoms with E-state index in [9.17, 15) is 9.90 Å². The molecule has 2 N–H and O–H groups in total. The fraction of sp³-hybridized carbons (Fsp3) is 0.350. The van der Waals surface area contributed by atoms with E-state index in [0.717, 1.165) is 5.56 Å². The van der Waals surface area contributed by atoms with E-state index in [-0.39, 0.29) is 18.4 Å². The molecule has 2 aromatic carbocycles. The van der Waals surface area contributed by atoms with Crippen LogP contribution in [0, 0.1) is 5.41 Å². The fourth-order valence-electron chi connectivity index (χ4n) is 3.35. The van der Waals surface area contributed by atoms with Gasteiger partial charge in [0.05, 0.1) is 44.1 Å². The number of aliphatic hydroxyl groups is 1. The summed E-state index contributed by atoms with van der Waals surface area (Å²) in [6.07, 6.45) is 0.512. The van der Waals surface area contributed by atoms with E-state index >= 15 is 0 Å². The molecule has 0 aromatic heterocycles. The number of benzene rings is 2. The third kappa shape index (κ3) is 3.42. The molecule has 1 amide bonds. The minimum atomic E-state index is -0.913. The highest BCUT2D eigenvalue weighted by Gasteiger charge is 2.60. The SMILES string of the molecule is COc1cc([C@H]2C[C@]2(CO)C(=O)Nc2ccccc2Cl)cc(OC)c1OC. The molecule has 0 saturated heterocycles. The molecule has 0 spiro atoms. The van der Waals surface area contributed by atoms with Gasteiger partial charge >= 0.3 is 0 Å². The number of hydrogen-bond acceptors (Lipinski definition) is 5. The van der Waals surface area contributed by atoms with Crippen molar-refractivity contribution < 1.29 is 24.1 Å². The molecule has 1 saturated carbocycles. The van der Waals surface area contributed by atoms with E-state index in [1.165, 1.54) is 21.3 Å². The summed E-state index contributed by atoms with van der Waals surface area (Å²) < 4.78 is 16.1. The van der Waals surface area contributed by atoms with Crippen LogP contribution in [0.4, 0.5) is 5.69 Å². The molecule has 3 rings (SSSR count). The van der Waals surface area contributed by atoms with Crippen molar-refractivity contribution in [1.29, 1.82) is 0 Å². The van der Waals surface area contributed by atoms with Gasteiger partial charge in [-0.1, -0.05) is 23.7 Å². The van der Waals surface area contributed by atoms with E-state index < -0.39 is 5.41 Å². The second kappa shape index (κ2) is 7.66. The van der Waals surface area contributed by atoms with Crippen LogP contribution in [0.5, 0.6) is 17.2 Å². The zero-order valence-corrected chi connectivity index (χ0v) is 16.2. The number of para-hydroxylation sites is 1. The lowest BCUT2D eigenvalue weighted by Gasteiger charge is -2.18. The maximum Gasteiger partial charge on any atom is 0.233 e. The first-order valence-electron chi connectivity index (χ1n) is 8.47. The van der Waals surface area contributed by atoms with E-state index in [1.54, 1.807) is 24.3 Å². The molecular formula is C20H22ClNO5. The summed E-state index contributed by atoms with van der Waals surface area (Å²) >= 11 is 6.12. The average molecular weight is 392 g/mol. The predicted octanol–water partition coefficient (Wildman–Crippen LogP) is 3.47. The van der Waals surface area contributed by atoms with Gasteiger partial charge in [-0.3, -0.25) is 4.79 Å². The summed E-state index contributed by atoms with van der Waals surface area (Å²) in [7, 11) is 4.61. The Kier molecular flexibility index (Phi) is 5.48. The van der Waals surface area contributed by atoms with E-state index in [2.05, 4.69) is 5.32 Å². The zero-order valence-electron chi connectivity index (χ0n) is 15.4. The Bertz CT molecular complexity index is 831. The molecule has 27 heavy (non-hydrogen) atoms. The molecule has 6 nitrogen and oxygen atoms in total. The molecule has 0 unspecified atom stereocenters. The van der Waals surface area contributed by atoms with E-state index in [0.29, 0.717) is 34.4 Å². The Morgan fingerprint density at radius 3 is 2.33 bits per heavy atom. The standard InChI is InChI=1S/C20H22ClNO5/c1-25-16-8-12(9-17(26-2)18(16)27-3)13-10-20(13,11-23)19(24)22-15-7-5-4-6-14(15)21/h4-9,13,23H,10-11H2,1-3H3,(H,22,24)/t13-,20-/m1/s1. The van der Waals surface area contributed by atoms with Crippen LogP contribution in [0.15, 0.2) is 36.4 Å². The second-order valence-corrected chi connectivity index (χ2v) is 6.87. The van der Waals surface area contributed by atoms with Crippen LogP contribution in [0.2, 0.25) is 5.02 Å². The monoisotopic (exact) mass is 391 g/mol. The quantitative estimate of drug-likeness (QED) is 0.755. The number of methoxy groups -OCH3 is 3. The normalized spacial score (nSPS) is 20.7. The fourth-order valence-corrected chi connectivity index (χ4v) is 3.53. The van der Waals surface area contributed by atoms with Gasteiger partial charge in [-0.05, 0) is 36.2 Å². The largest absolute Gasteiger partial charge is 0.493 e. The molecular weight excluding hydrogens is 370 g/mol. The summed E-state index contributed by atoms with van der Waals surface area (Å²) in [5.74, 6) is 1.07. The average Bonchev–Trinajstić information content (AvgIpc) is 3.44. The minimum absolute atomic E-state index is 0.168. The molecule has 1 fully saturated rings. The molecule has 2 atom stereocenters. The van der Waals surface area contributed by atoms with Gasteiger partial charge in [0.25, 0.3) is 0 Å². The lowest BCUT2D eigenvalue weighted by atomic mass is 9.98. The lowest BCUT2D eigenvalue weighted by molar-refractivity contribution is -0.122. The molecule has 144 valence electrons. The zero-order chi connectivity index (χ0) is 19.6. The van der Waals surface area contributed by atoms with Crippen molar-refractivity contribution in [3.63, 3.8) is 0 Å². The molecule has 0 bridgehead atoms. The molecule has 7 heteroatoms. The third-order valence-electron chi connectivity index (χ3n) is 5.02. The molecule has 1 aliphatic carbocycles. The summed E-state index contributed by atoms with van der Waals surface area (Å²) in [6.45, 7) is -0.273. The van der Waals surface area contributed by atoms with Crippen LogP contribution in [0.3, 0.4) is 0 Å². The second-order valence-electron chi connectivity index (χ2n) is 6.46. The van der Waals surface area contributed by atoms with Crippen LogP contribution in [0.25, 0.3) is 0 Å². The number of halogens is 1. The van der Waals surface area contributed by atoms with Crippen LogP contribution in [-0.4, -0.2) is 38.9 Å². The van der Waals surface area contributed by atoms with Gasteiger partial charge < -0.3 is 24.6 Å². The number of hydrogen-bond donors (Lipinski definition) is 2. The Morgan fingerprint density at radius 2 is 1.81 bits per heavy atom. The maximum absolute atomic E-state index is 12.9. The van der Waals surface area contributed by atoms with Crippen LogP contribution < -0.4 is 19.5 Å². The summed E-state index contributed by atoms with van der Waals surface area (Å²) in [4.78, 5) is 12.9. The van der Waals surface area contributed by atoms with Crippen LogP contribution >= 0.6 is 11.6 Å². The molecule has 1 aliphatic rings. The molecule has 0 aliphatic heterocycles. The third-order valence-corrected chi connectivity index (χ3v) is 5.35. The van der Waals surface area contributed by atoms with Gasteiger partial charge in [0.15, 0.2) is 11.5 Å². The molecule has 2 aromatic rings. The van der Waals surface area contributed by atoms with Crippen molar-refractivity contribution in [1.82, 2.24) is 0 Å². The van der Waals surface area contributed by atoms with E-state index in [4.69, 9.17) is 25.8 Å². The first-order chi connectivity index (χ1) is 13.0. The highest BCUT2D eigenvalue weighted by atomic mass is 35.5. The predicted molar refractivity (Wildman–Crippen MR) is 103 cm³/mol. The number of ether oxygens (including phenoxy) is 3.